The molecule has 0 fully saturated rings. The van der Waals surface area contributed by atoms with Crippen molar-refractivity contribution in [2.75, 3.05) is 0 Å². The van der Waals surface area contributed by atoms with Crippen molar-refractivity contribution < 1.29 is 9.90 Å². The van der Waals surface area contributed by atoms with Crippen molar-refractivity contribution in [2.24, 2.45) is 0 Å². The molecule has 0 unspecified atom stereocenters. The van der Waals surface area contributed by atoms with Gasteiger partial charge in [-0.1, -0.05) is 23.2 Å². The molecule has 0 aliphatic carbocycles. The Kier molecular flexibility index (Phi) is 3.08. The number of carbonyl (C=O) groups is 1. The highest BCUT2D eigenvalue weighted by Crippen LogP contribution is 2.30. The Bertz CT molecular complexity index is 830. The molecule has 2 aromatic heterocycles. The average Bonchev–Trinajstić information content (AvgIpc) is 2.84. The van der Waals surface area contributed by atoms with E-state index in [4.69, 9.17) is 28.3 Å². The SMILES string of the molecule is O=C(O)c1ccnc2nc(-c3cc(Cl)ccc3Cl)[nH]c12. The minimum atomic E-state index is -1.05. The summed E-state index contributed by atoms with van der Waals surface area (Å²) >= 11 is 12.0. The van der Waals surface area contributed by atoms with Gasteiger partial charge in [-0.05, 0) is 24.3 Å². The zero-order valence-corrected chi connectivity index (χ0v) is 11.4. The Morgan fingerprint density at radius 2 is 2.05 bits per heavy atom. The Labute approximate surface area is 123 Å². The summed E-state index contributed by atoms with van der Waals surface area (Å²) in [6.07, 6.45) is 1.40. The molecular formula is C13H7Cl2N3O2. The zero-order valence-electron chi connectivity index (χ0n) is 9.89. The topological polar surface area (TPSA) is 78.9 Å². The lowest BCUT2D eigenvalue weighted by Gasteiger charge is -2.00. The van der Waals surface area contributed by atoms with E-state index in [2.05, 4.69) is 15.0 Å². The quantitative estimate of drug-likeness (QED) is 0.757. The van der Waals surface area contributed by atoms with Crippen LogP contribution in [0.1, 0.15) is 10.4 Å². The van der Waals surface area contributed by atoms with Gasteiger partial charge in [0.15, 0.2) is 5.65 Å². The molecule has 0 saturated heterocycles. The number of benzene rings is 1. The molecule has 100 valence electrons. The van der Waals surface area contributed by atoms with Crippen LogP contribution >= 0.6 is 23.2 Å². The third-order valence-electron chi connectivity index (χ3n) is 2.81. The molecule has 0 spiro atoms. The number of aromatic nitrogens is 3. The maximum Gasteiger partial charge on any atom is 0.338 e. The monoisotopic (exact) mass is 307 g/mol. The molecule has 0 saturated carbocycles. The van der Waals surface area contributed by atoms with Crippen LogP contribution in [0.2, 0.25) is 10.0 Å². The molecule has 0 amide bonds. The number of hydrogen-bond donors (Lipinski definition) is 2. The van der Waals surface area contributed by atoms with Gasteiger partial charge in [-0.2, -0.15) is 0 Å². The predicted molar refractivity (Wildman–Crippen MR) is 76.3 cm³/mol. The predicted octanol–water partition coefficient (Wildman–Crippen LogP) is 3.63. The summed E-state index contributed by atoms with van der Waals surface area (Å²) in [5.41, 5.74) is 1.36. The van der Waals surface area contributed by atoms with E-state index in [1.807, 2.05) is 0 Å². The van der Waals surface area contributed by atoms with Crippen molar-refractivity contribution in [3.05, 3.63) is 46.1 Å². The number of aromatic amines is 1. The molecule has 7 heteroatoms. The second-order valence-corrected chi connectivity index (χ2v) is 4.92. The zero-order chi connectivity index (χ0) is 14.3. The molecule has 5 nitrogen and oxygen atoms in total. The van der Waals surface area contributed by atoms with Crippen molar-refractivity contribution in [2.45, 2.75) is 0 Å². The smallest absolute Gasteiger partial charge is 0.338 e. The van der Waals surface area contributed by atoms with Crippen molar-refractivity contribution in [3.8, 4) is 11.4 Å². The third kappa shape index (κ3) is 2.11. The standard InChI is InChI=1S/C13H7Cl2N3O2/c14-6-1-2-9(15)8(5-6)11-17-10-7(13(19)20)3-4-16-12(10)18-11/h1-5H,(H,19,20)(H,16,17,18). The fraction of sp³-hybridized carbons (Fsp3) is 0. The number of imidazole rings is 1. The van der Waals surface area contributed by atoms with E-state index in [9.17, 15) is 4.79 Å². The molecule has 0 bridgehead atoms. The Balaban J connectivity index is 2.26. The van der Waals surface area contributed by atoms with Gasteiger partial charge in [0.1, 0.15) is 5.82 Å². The summed E-state index contributed by atoms with van der Waals surface area (Å²) in [5.74, 6) is -0.626. The van der Waals surface area contributed by atoms with E-state index >= 15 is 0 Å². The summed E-state index contributed by atoms with van der Waals surface area (Å²) in [7, 11) is 0. The van der Waals surface area contributed by atoms with E-state index in [1.54, 1.807) is 18.2 Å². The van der Waals surface area contributed by atoms with E-state index < -0.39 is 5.97 Å². The molecule has 2 N–H and O–H groups in total. The summed E-state index contributed by atoms with van der Waals surface area (Å²) in [6, 6.07) is 6.38. The first-order chi connectivity index (χ1) is 9.56. The molecule has 3 aromatic rings. The number of halogens is 2. The highest BCUT2D eigenvalue weighted by Gasteiger charge is 2.15. The lowest BCUT2D eigenvalue weighted by molar-refractivity contribution is 0.0699. The van der Waals surface area contributed by atoms with Crippen LogP contribution in [0.4, 0.5) is 0 Å². The Morgan fingerprint density at radius 3 is 2.80 bits per heavy atom. The molecule has 0 aliphatic heterocycles. The minimum absolute atomic E-state index is 0.104. The first-order valence-electron chi connectivity index (χ1n) is 5.59. The van der Waals surface area contributed by atoms with Gasteiger partial charge in [-0.15, -0.1) is 0 Å². The van der Waals surface area contributed by atoms with Gasteiger partial charge in [0.05, 0.1) is 16.1 Å². The molecule has 1 aromatic carbocycles. The molecular weight excluding hydrogens is 301 g/mol. The maximum absolute atomic E-state index is 11.2. The van der Waals surface area contributed by atoms with Gasteiger partial charge in [0, 0.05) is 16.8 Å². The van der Waals surface area contributed by atoms with Crippen LogP contribution in [-0.2, 0) is 0 Å². The van der Waals surface area contributed by atoms with E-state index in [-0.39, 0.29) is 5.56 Å². The van der Waals surface area contributed by atoms with Crippen LogP contribution in [0.15, 0.2) is 30.5 Å². The van der Waals surface area contributed by atoms with Crippen LogP contribution in [0.5, 0.6) is 0 Å². The summed E-state index contributed by atoms with van der Waals surface area (Å²) in [4.78, 5) is 22.4. The molecule has 0 aliphatic rings. The van der Waals surface area contributed by atoms with Crippen LogP contribution in [0.3, 0.4) is 0 Å². The lowest BCUT2D eigenvalue weighted by atomic mass is 10.2. The fourth-order valence-corrected chi connectivity index (χ4v) is 2.27. The van der Waals surface area contributed by atoms with E-state index in [0.29, 0.717) is 32.6 Å². The van der Waals surface area contributed by atoms with Crippen LogP contribution in [-0.4, -0.2) is 26.0 Å². The van der Waals surface area contributed by atoms with Gasteiger partial charge in [-0.3, -0.25) is 0 Å². The Morgan fingerprint density at radius 1 is 1.25 bits per heavy atom. The minimum Gasteiger partial charge on any atom is -0.478 e. The van der Waals surface area contributed by atoms with E-state index in [0.717, 1.165) is 0 Å². The number of pyridine rings is 1. The van der Waals surface area contributed by atoms with Crippen molar-refractivity contribution in [1.82, 2.24) is 15.0 Å². The highest BCUT2D eigenvalue weighted by atomic mass is 35.5. The van der Waals surface area contributed by atoms with Crippen molar-refractivity contribution >= 4 is 40.3 Å². The molecule has 2 heterocycles. The first-order valence-corrected chi connectivity index (χ1v) is 6.35. The van der Waals surface area contributed by atoms with Crippen LogP contribution in [0.25, 0.3) is 22.6 Å². The number of rotatable bonds is 2. The maximum atomic E-state index is 11.2. The summed E-state index contributed by atoms with van der Waals surface area (Å²) < 4.78 is 0. The van der Waals surface area contributed by atoms with E-state index in [1.165, 1.54) is 12.3 Å². The largest absolute Gasteiger partial charge is 0.478 e. The van der Waals surface area contributed by atoms with Crippen molar-refractivity contribution in [1.29, 1.82) is 0 Å². The third-order valence-corrected chi connectivity index (χ3v) is 3.37. The van der Waals surface area contributed by atoms with Gasteiger partial charge in [0.2, 0.25) is 0 Å². The van der Waals surface area contributed by atoms with Gasteiger partial charge < -0.3 is 10.1 Å². The summed E-state index contributed by atoms with van der Waals surface area (Å²) in [5, 5.41) is 10.1. The summed E-state index contributed by atoms with van der Waals surface area (Å²) in [6.45, 7) is 0. The number of hydrogen-bond acceptors (Lipinski definition) is 3. The molecule has 3 rings (SSSR count). The van der Waals surface area contributed by atoms with Gasteiger partial charge >= 0.3 is 5.97 Å². The normalized spacial score (nSPS) is 10.9. The highest BCUT2D eigenvalue weighted by molar-refractivity contribution is 6.35. The van der Waals surface area contributed by atoms with Crippen molar-refractivity contribution in [3.63, 3.8) is 0 Å². The number of nitrogens with zero attached hydrogens (tertiary/aromatic N) is 2. The lowest BCUT2D eigenvalue weighted by Crippen LogP contribution is -1.97. The number of H-pyrrole nitrogens is 1. The Hall–Kier alpha value is -2.11. The first kappa shape index (κ1) is 12.9. The van der Waals surface area contributed by atoms with Crippen LogP contribution < -0.4 is 0 Å². The molecule has 0 radical (unpaired) electrons. The number of fused-ring (bicyclic) bond motifs is 1. The number of carboxylic acids is 1. The number of aromatic carboxylic acids is 1. The number of nitrogens with one attached hydrogen (secondary N) is 1. The second kappa shape index (κ2) is 4.77. The number of carboxylic acid groups (broad SMARTS) is 1. The molecule has 0 atom stereocenters. The van der Waals surface area contributed by atoms with Crippen LogP contribution in [0, 0.1) is 0 Å². The fourth-order valence-electron chi connectivity index (χ4n) is 1.90. The second-order valence-electron chi connectivity index (χ2n) is 4.07. The van der Waals surface area contributed by atoms with Gasteiger partial charge in [-0.25, -0.2) is 14.8 Å². The van der Waals surface area contributed by atoms with Gasteiger partial charge in [0.25, 0.3) is 0 Å². The molecule has 20 heavy (non-hydrogen) atoms. The average molecular weight is 308 g/mol.